The molecule has 0 atom stereocenters. The lowest BCUT2D eigenvalue weighted by Crippen LogP contribution is -2.25. The molecule has 3 aromatic rings. The van der Waals surface area contributed by atoms with Crippen molar-refractivity contribution in [3.05, 3.63) is 70.3 Å². The highest BCUT2D eigenvalue weighted by Crippen LogP contribution is 2.23. The van der Waals surface area contributed by atoms with Crippen LogP contribution in [0.4, 0.5) is 5.69 Å². The largest absolute Gasteiger partial charge is 0.320 e. The molecule has 0 aliphatic carbocycles. The zero-order chi connectivity index (χ0) is 17.4. The fraction of sp³-hybridized carbons (Fsp3) is 0.158. The minimum absolute atomic E-state index is 0.229. The van der Waals surface area contributed by atoms with Crippen molar-refractivity contribution in [3.8, 4) is 0 Å². The fourth-order valence-electron chi connectivity index (χ4n) is 2.96. The normalized spacial score (nSPS) is 14.8. The molecule has 0 saturated heterocycles. The maximum Gasteiger partial charge on any atom is 0.282 e. The summed E-state index contributed by atoms with van der Waals surface area (Å²) in [5.74, 6) is 0.236. The van der Waals surface area contributed by atoms with Crippen LogP contribution in [0.5, 0.6) is 0 Å². The molecule has 1 N–H and O–H groups in total. The van der Waals surface area contributed by atoms with Gasteiger partial charge >= 0.3 is 0 Å². The number of aryl methyl sites for hydroxylation is 1. The number of hydrogen-bond acceptors (Lipinski definition) is 4. The lowest BCUT2D eigenvalue weighted by Gasteiger charge is -2.09. The third-order valence-electron chi connectivity index (χ3n) is 4.14. The fourth-order valence-corrected chi connectivity index (χ4v) is 2.96. The molecule has 2 aromatic carbocycles. The third kappa shape index (κ3) is 2.52. The Hall–Kier alpha value is -3.28. The number of amides is 1. The molecule has 0 spiro atoms. The molecule has 6 heteroatoms. The standard InChI is InChI=1S/C19H16N4O2/c1-2-7-16-20-15-11-6-4-9-13(15)19(25)23(16)22-17-12-8-3-5-10-14(12)21-18(17)24/h3-6,8-11H,2,7H2,1H3,(H,21,22,24). The number of aromatic nitrogens is 2. The van der Waals surface area contributed by atoms with Crippen molar-refractivity contribution < 1.29 is 4.79 Å². The summed E-state index contributed by atoms with van der Waals surface area (Å²) in [5, 5.41) is 7.65. The first-order chi connectivity index (χ1) is 12.2. The van der Waals surface area contributed by atoms with E-state index < -0.39 is 0 Å². The number of benzene rings is 2. The van der Waals surface area contributed by atoms with Gasteiger partial charge in [0.2, 0.25) is 0 Å². The van der Waals surface area contributed by atoms with Gasteiger partial charge in [0.1, 0.15) is 5.82 Å². The number of nitrogens with one attached hydrogen (secondary N) is 1. The van der Waals surface area contributed by atoms with Gasteiger partial charge in [-0.25, -0.2) is 4.98 Å². The van der Waals surface area contributed by atoms with E-state index >= 15 is 0 Å². The maximum atomic E-state index is 12.9. The second-order valence-electron chi connectivity index (χ2n) is 5.86. The summed E-state index contributed by atoms with van der Waals surface area (Å²) in [4.78, 5) is 29.8. The van der Waals surface area contributed by atoms with Crippen LogP contribution in [0, 0.1) is 0 Å². The first-order valence-electron chi connectivity index (χ1n) is 8.19. The monoisotopic (exact) mass is 332 g/mol. The van der Waals surface area contributed by atoms with Gasteiger partial charge in [-0.05, 0) is 24.6 Å². The van der Waals surface area contributed by atoms with E-state index in [0.29, 0.717) is 34.4 Å². The van der Waals surface area contributed by atoms with Crippen molar-refractivity contribution in [2.45, 2.75) is 19.8 Å². The molecule has 1 aliphatic heterocycles. The van der Waals surface area contributed by atoms with Crippen LogP contribution < -0.4 is 10.9 Å². The molecular weight excluding hydrogens is 316 g/mol. The van der Waals surface area contributed by atoms with Gasteiger partial charge in [0, 0.05) is 12.0 Å². The van der Waals surface area contributed by atoms with Crippen LogP contribution in [0.2, 0.25) is 0 Å². The number of hydrogen-bond donors (Lipinski definition) is 1. The van der Waals surface area contributed by atoms with Crippen molar-refractivity contribution in [1.29, 1.82) is 0 Å². The molecule has 6 nitrogen and oxygen atoms in total. The molecule has 0 unspecified atom stereocenters. The van der Waals surface area contributed by atoms with E-state index in [1.807, 2.05) is 43.3 Å². The molecule has 0 saturated carbocycles. The molecular formula is C19H16N4O2. The average Bonchev–Trinajstić information content (AvgIpc) is 2.94. The SMILES string of the molecule is CCCc1nc2ccccc2c(=O)n1N=C1C(=O)Nc2ccccc21. The minimum atomic E-state index is -0.316. The summed E-state index contributed by atoms with van der Waals surface area (Å²) in [6.07, 6.45) is 1.42. The molecule has 1 aliphatic rings. The van der Waals surface area contributed by atoms with Crippen LogP contribution in [0.25, 0.3) is 10.9 Å². The van der Waals surface area contributed by atoms with Gasteiger partial charge in [0.25, 0.3) is 11.5 Å². The molecule has 124 valence electrons. The van der Waals surface area contributed by atoms with Gasteiger partial charge < -0.3 is 5.32 Å². The lowest BCUT2D eigenvalue weighted by atomic mass is 10.1. The molecule has 1 aromatic heterocycles. The van der Waals surface area contributed by atoms with E-state index in [-0.39, 0.29) is 17.2 Å². The van der Waals surface area contributed by atoms with Gasteiger partial charge in [-0.3, -0.25) is 9.59 Å². The number of fused-ring (bicyclic) bond motifs is 2. The Kier molecular flexibility index (Phi) is 3.65. The highest BCUT2D eigenvalue weighted by atomic mass is 16.2. The third-order valence-corrected chi connectivity index (χ3v) is 4.14. The zero-order valence-corrected chi connectivity index (χ0v) is 13.7. The minimum Gasteiger partial charge on any atom is -0.320 e. The maximum absolute atomic E-state index is 12.9. The van der Waals surface area contributed by atoms with E-state index in [1.165, 1.54) is 4.68 Å². The van der Waals surface area contributed by atoms with Gasteiger partial charge in [0.05, 0.1) is 16.6 Å². The Balaban J connectivity index is 1.98. The summed E-state index contributed by atoms with van der Waals surface area (Å²) < 4.78 is 1.27. The Morgan fingerprint density at radius 2 is 1.84 bits per heavy atom. The van der Waals surface area contributed by atoms with Gasteiger partial charge in [-0.1, -0.05) is 37.3 Å². The number of carbonyl (C=O) groups excluding carboxylic acids is 1. The first-order valence-corrected chi connectivity index (χ1v) is 8.19. The molecule has 2 heterocycles. The van der Waals surface area contributed by atoms with Crippen molar-refractivity contribution >= 4 is 28.2 Å². The molecule has 0 radical (unpaired) electrons. The molecule has 1 amide bonds. The number of carbonyl (C=O) groups is 1. The first kappa shape index (κ1) is 15.3. The Bertz CT molecular complexity index is 1080. The van der Waals surface area contributed by atoms with Crippen molar-refractivity contribution in [2.24, 2.45) is 5.10 Å². The van der Waals surface area contributed by atoms with Crippen LogP contribution in [0.3, 0.4) is 0 Å². The molecule has 25 heavy (non-hydrogen) atoms. The second-order valence-corrected chi connectivity index (χ2v) is 5.86. The lowest BCUT2D eigenvalue weighted by molar-refractivity contribution is -0.110. The summed E-state index contributed by atoms with van der Waals surface area (Å²) in [6.45, 7) is 2.01. The van der Waals surface area contributed by atoms with Crippen LogP contribution in [-0.4, -0.2) is 21.3 Å². The summed E-state index contributed by atoms with van der Waals surface area (Å²) in [5.41, 5.74) is 2.00. The van der Waals surface area contributed by atoms with Crippen LogP contribution in [0.15, 0.2) is 58.4 Å². The van der Waals surface area contributed by atoms with Crippen LogP contribution in [-0.2, 0) is 11.2 Å². The van der Waals surface area contributed by atoms with Gasteiger partial charge in [0.15, 0.2) is 5.71 Å². The van der Waals surface area contributed by atoms with E-state index in [4.69, 9.17) is 0 Å². The van der Waals surface area contributed by atoms with Gasteiger partial charge in [-0.15, -0.1) is 0 Å². The summed E-state index contributed by atoms with van der Waals surface area (Å²) in [7, 11) is 0. The zero-order valence-electron chi connectivity index (χ0n) is 13.7. The Labute approximate surface area is 143 Å². The number of rotatable bonds is 3. The predicted molar refractivity (Wildman–Crippen MR) is 97.0 cm³/mol. The van der Waals surface area contributed by atoms with E-state index in [0.717, 1.165) is 6.42 Å². The number of para-hydroxylation sites is 2. The average molecular weight is 332 g/mol. The van der Waals surface area contributed by atoms with Crippen LogP contribution in [0.1, 0.15) is 24.7 Å². The number of nitrogens with zero attached hydrogens (tertiary/aromatic N) is 3. The number of anilines is 1. The van der Waals surface area contributed by atoms with E-state index in [2.05, 4.69) is 15.4 Å². The summed E-state index contributed by atoms with van der Waals surface area (Å²) in [6, 6.07) is 14.5. The highest BCUT2D eigenvalue weighted by molar-refractivity contribution is 6.53. The topological polar surface area (TPSA) is 76.3 Å². The van der Waals surface area contributed by atoms with E-state index in [1.54, 1.807) is 12.1 Å². The predicted octanol–water partition coefficient (Wildman–Crippen LogP) is 2.55. The van der Waals surface area contributed by atoms with Crippen molar-refractivity contribution in [3.63, 3.8) is 0 Å². The van der Waals surface area contributed by atoms with Crippen molar-refractivity contribution in [1.82, 2.24) is 9.66 Å². The summed E-state index contributed by atoms with van der Waals surface area (Å²) >= 11 is 0. The smallest absolute Gasteiger partial charge is 0.282 e. The van der Waals surface area contributed by atoms with Crippen LogP contribution >= 0.6 is 0 Å². The van der Waals surface area contributed by atoms with Gasteiger partial charge in [-0.2, -0.15) is 9.78 Å². The highest BCUT2D eigenvalue weighted by Gasteiger charge is 2.26. The quantitative estimate of drug-likeness (QED) is 0.801. The van der Waals surface area contributed by atoms with Crippen molar-refractivity contribution in [2.75, 3.05) is 5.32 Å². The molecule has 4 rings (SSSR count). The molecule has 0 bridgehead atoms. The Morgan fingerprint density at radius 1 is 1.08 bits per heavy atom. The molecule has 0 fully saturated rings. The van der Waals surface area contributed by atoms with E-state index in [9.17, 15) is 9.59 Å². The Morgan fingerprint density at radius 3 is 2.68 bits per heavy atom. The second kappa shape index (κ2) is 5.98.